The second-order valence-corrected chi connectivity index (χ2v) is 5.12. The van der Waals surface area contributed by atoms with Gasteiger partial charge in [0, 0.05) is 6.61 Å². The van der Waals surface area contributed by atoms with E-state index < -0.39 is 18.9 Å². The number of rotatable bonds is 3. The zero-order valence-corrected chi connectivity index (χ0v) is 11.9. The summed E-state index contributed by atoms with van der Waals surface area (Å²) in [5, 5.41) is 9.78. The summed E-state index contributed by atoms with van der Waals surface area (Å²) in [6, 6.07) is 9.75. The molecule has 0 radical (unpaired) electrons. The van der Waals surface area contributed by atoms with Gasteiger partial charge in [0.05, 0.1) is 11.3 Å². The van der Waals surface area contributed by atoms with Crippen molar-refractivity contribution in [3.8, 4) is 5.75 Å². The van der Waals surface area contributed by atoms with Crippen LogP contribution >= 0.6 is 0 Å². The SMILES string of the molecule is OB1OCCc2ccc(NOc3cccc(C(F)(F)F)c3)cc21. The Balaban J connectivity index is 1.73. The van der Waals surface area contributed by atoms with Crippen LogP contribution in [0.3, 0.4) is 0 Å². The number of nitrogens with one attached hydrogen (secondary N) is 1. The van der Waals surface area contributed by atoms with Crippen molar-refractivity contribution in [3.05, 3.63) is 53.6 Å². The number of fused-ring (bicyclic) bond motifs is 1. The molecule has 0 atom stereocenters. The van der Waals surface area contributed by atoms with E-state index in [4.69, 9.17) is 9.49 Å². The van der Waals surface area contributed by atoms with Gasteiger partial charge in [0.1, 0.15) is 0 Å². The topological polar surface area (TPSA) is 50.7 Å². The molecule has 120 valence electrons. The summed E-state index contributed by atoms with van der Waals surface area (Å²) < 4.78 is 43.1. The van der Waals surface area contributed by atoms with Gasteiger partial charge in [-0.15, -0.1) is 0 Å². The van der Waals surface area contributed by atoms with Crippen LogP contribution in [0.1, 0.15) is 11.1 Å². The van der Waals surface area contributed by atoms with Gasteiger partial charge >= 0.3 is 13.3 Å². The first kappa shape index (κ1) is 15.7. The molecular weight excluding hydrogens is 310 g/mol. The summed E-state index contributed by atoms with van der Waals surface area (Å²) in [6.45, 7) is 0.446. The molecule has 0 saturated carbocycles. The van der Waals surface area contributed by atoms with Crippen LogP contribution in [0.4, 0.5) is 18.9 Å². The minimum absolute atomic E-state index is 0.0364. The average molecular weight is 323 g/mol. The summed E-state index contributed by atoms with van der Waals surface area (Å²) in [4.78, 5) is 5.18. The first-order chi connectivity index (χ1) is 10.9. The van der Waals surface area contributed by atoms with Crippen LogP contribution < -0.4 is 15.8 Å². The van der Waals surface area contributed by atoms with Gasteiger partial charge in [0.25, 0.3) is 0 Å². The summed E-state index contributed by atoms with van der Waals surface area (Å²) in [5.74, 6) is 0.0364. The van der Waals surface area contributed by atoms with Gasteiger partial charge in [-0.2, -0.15) is 13.2 Å². The standard InChI is InChI=1S/C15H13BF3NO3/c17-15(18,19)11-2-1-3-13(8-11)23-20-12-5-4-10-6-7-22-16(21)14(10)9-12/h1-5,8-9,20-21H,6-7H2. The lowest BCUT2D eigenvalue weighted by atomic mass is 9.73. The van der Waals surface area contributed by atoms with Crippen LogP contribution in [0.25, 0.3) is 0 Å². The van der Waals surface area contributed by atoms with E-state index in [9.17, 15) is 18.2 Å². The molecule has 0 aliphatic carbocycles. The van der Waals surface area contributed by atoms with Crippen LogP contribution in [0.15, 0.2) is 42.5 Å². The molecule has 3 rings (SSSR count). The van der Waals surface area contributed by atoms with Gasteiger partial charge in [-0.05, 0) is 47.8 Å². The van der Waals surface area contributed by atoms with Crippen molar-refractivity contribution >= 4 is 18.3 Å². The Morgan fingerprint density at radius 1 is 1.17 bits per heavy atom. The highest BCUT2D eigenvalue weighted by atomic mass is 19.4. The maximum Gasteiger partial charge on any atom is 0.491 e. The van der Waals surface area contributed by atoms with Crippen LogP contribution in [0.2, 0.25) is 0 Å². The smallest absolute Gasteiger partial charge is 0.423 e. The molecule has 0 aromatic heterocycles. The normalized spacial score (nSPS) is 14.3. The highest BCUT2D eigenvalue weighted by Crippen LogP contribution is 2.31. The zero-order chi connectivity index (χ0) is 16.4. The highest BCUT2D eigenvalue weighted by Gasteiger charge is 2.30. The largest absolute Gasteiger partial charge is 0.491 e. The molecule has 23 heavy (non-hydrogen) atoms. The quantitative estimate of drug-likeness (QED) is 0.673. The van der Waals surface area contributed by atoms with E-state index in [2.05, 4.69) is 5.48 Å². The summed E-state index contributed by atoms with van der Waals surface area (Å²) in [5.41, 5.74) is 3.88. The van der Waals surface area contributed by atoms with Crippen molar-refractivity contribution in [2.24, 2.45) is 0 Å². The number of anilines is 1. The van der Waals surface area contributed by atoms with Crippen molar-refractivity contribution in [1.29, 1.82) is 0 Å². The fourth-order valence-electron chi connectivity index (χ4n) is 2.34. The third kappa shape index (κ3) is 3.60. The molecule has 4 nitrogen and oxygen atoms in total. The average Bonchev–Trinajstić information content (AvgIpc) is 2.53. The molecule has 1 aliphatic heterocycles. The molecule has 2 aromatic rings. The Kier molecular flexibility index (Phi) is 4.19. The molecule has 0 saturated heterocycles. The number of alkyl halides is 3. The fraction of sp³-hybridized carbons (Fsp3) is 0.200. The number of hydrogen-bond donors (Lipinski definition) is 2. The highest BCUT2D eigenvalue weighted by molar-refractivity contribution is 6.61. The molecule has 0 bridgehead atoms. The Bertz CT molecular complexity index is 709. The van der Waals surface area contributed by atoms with E-state index in [0.717, 1.165) is 17.7 Å². The Hall–Kier alpha value is -2.19. The Morgan fingerprint density at radius 3 is 2.78 bits per heavy atom. The minimum Gasteiger partial charge on any atom is -0.423 e. The van der Waals surface area contributed by atoms with E-state index in [1.165, 1.54) is 12.1 Å². The molecule has 0 fully saturated rings. The zero-order valence-electron chi connectivity index (χ0n) is 11.9. The van der Waals surface area contributed by atoms with E-state index in [-0.39, 0.29) is 5.75 Å². The van der Waals surface area contributed by atoms with Gasteiger partial charge in [-0.1, -0.05) is 12.1 Å². The Labute approximate surface area is 130 Å². The molecule has 0 spiro atoms. The van der Waals surface area contributed by atoms with Crippen molar-refractivity contribution in [2.75, 3.05) is 12.1 Å². The van der Waals surface area contributed by atoms with E-state index in [1.54, 1.807) is 12.1 Å². The summed E-state index contributed by atoms with van der Waals surface area (Å²) in [7, 11) is -1.01. The number of hydrogen-bond acceptors (Lipinski definition) is 4. The number of benzene rings is 2. The molecule has 0 amide bonds. The van der Waals surface area contributed by atoms with E-state index in [1.807, 2.05) is 6.07 Å². The molecule has 8 heteroatoms. The Morgan fingerprint density at radius 2 is 2.00 bits per heavy atom. The summed E-state index contributed by atoms with van der Waals surface area (Å²) >= 11 is 0. The molecule has 2 aromatic carbocycles. The maximum atomic E-state index is 12.6. The monoisotopic (exact) mass is 323 g/mol. The second-order valence-electron chi connectivity index (χ2n) is 5.12. The predicted octanol–water partition coefficient (Wildman–Crippen LogP) is 2.37. The molecule has 1 heterocycles. The lowest BCUT2D eigenvalue weighted by Crippen LogP contribution is -2.41. The first-order valence-electron chi connectivity index (χ1n) is 6.96. The third-order valence-corrected chi connectivity index (χ3v) is 3.51. The van der Waals surface area contributed by atoms with Crippen LogP contribution in [0, 0.1) is 0 Å². The van der Waals surface area contributed by atoms with Gasteiger partial charge < -0.3 is 14.5 Å². The molecule has 1 aliphatic rings. The minimum atomic E-state index is -4.42. The lowest BCUT2D eigenvalue weighted by molar-refractivity contribution is -0.137. The second kappa shape index (κ2) is 6.13. The molecule has 0 unspecified atom stereocenters. The molecule has 2 N–H and O–H groups in total. The maximum absolute atomic E-state index is 12.6. The van der Waals surface area contributed by atoms with Gasteiger partial charge in [0.2, 0.25) is 0 Å². The van der Waals surface area contributed by atoms with Crippen molar-refractivity contribution in [1.82, 2.24) is 0 Å². The van der Waals surface area contributed by atoms with Crippen molar-refractivity contribution in [2.45, 2.75) is 12.6 Å². The number of halogens is 3. The van der Waals surface area contributed by atoms with Gasteiger partial charge in [-0.3, -0.25) is 0 Å². The van der Waals surface area contributed by atoms with E-state index >= 15 is 0 Å². The van der Waals surface area contributed by atoms with Crippen LogP contribution in [-0.2, 0) is 17.3 Å². The van der Waals surface area contributed by atoms with Crippen LogP contribution in [0.5, 0.6) is 5.75 Å². The van der Waals surface area contributed by atoms with Crippen molar-refractivity contribution < 1.29 is 27.7 Å². The van der Waals surface area contributed by atoms with Gasteiger partial charge in [0.15, 0.2) is 5.75 Å². The fourth-order valence-corrected chi connectivity index (χ4v) is 2.34. The predicted molar refractivity (Wildman–Crippen MR) is 79.4 cm³/mol. The first-order valence-corrected chi connectivity index (χ1v) is 6.96. The van der Waals surface area contributed by atoms with Gasteiger partial charge in [-0.25, -0.2) is 5.48 Å². The van der Waals surface area contributed by atoms with Crippen LogP contribution in [-0.4, -0.2) is 18.7 Å². The lowest BCUT2D eigenvalue weighted by Gasteiger charge is -2.20. The van der Waals surface area contributed by atoms with Crippen molar-refractivity contribution in [3.63, 3.8) is 0 Å². The summed E-state index contributed by atoms with van der Waals surface area (Å²) in [6.07, 6.45) is -3.73. The third-order valence-electron chi connectivity index (χ3n) is 3.51. The molecular formula is C15H13BF3NO3. The van der Waals surface area contributed by atoms with E-state index in [0.29, 0.717) is 24.2 Å².